The number of para-hydroxylation sites is 1. The lowest BCUT2D eigenvalue weighted by atomic mass is 9.91. The van der Waals surface area contributed by atoms with Crippen molar-refractivity contribution < 1.29 is 9.53 Å². The Hall–Kier alpha value is -3.00. The summed E-state index contributed by atoms with van der Waals surface area (Å²) in [6.45, 7) is 3.54. The van der Waals surface area contributed by atoms with Crippen LogP contribution in [0.25, 0.3) is 0 Å². The van der Waals surface area contributed by atoms with E-state index in [1.54, 1.807) is 49.4 Å². The second-order valence-electron chi connectivity index (χ2n) is 6.86. The number of carbonyl (C=O) groups excluding carboxylic acids is 1. The Morgan fingerprint density at radius 2 is 1.73 bits per heavy atom. The smallest absolute Gasteiger partial charge is 0.265 e. The molecule has 0 aliphatic heterocycles. The van der Waals surface area contributed by atoms with Gasteiger partial charge in [0, 0.05) is 15.7 Å². The van der Waals surface area contributed by atoms with Gasteiger partial charge in [0.1, 0.15) is 5.75 Å². The zero-order valence-electron chi connectivity index (χ0n) is 16.5. The molecule has 2 atom stereocenters. The van der Waals surface area contributed by atoms with Gasteiger partial charge >= 0.3 is 0 Å². The number of ether oxygens (including phenoxy) is 1. The molecule has 152 valence electrons. The van der Waals surface area contributed by atoms with E-state index < -0.39 is 12.0 Å². The highest BCUT2D eigenvalue weighted by atomic mass is 35.5. The molecule has 0 bridgehead atoms. The fourth-order valence-corrected chi connectivity index (χ4v) is 3.43. The van der Waals surface area contributed by atoms with E-state index in [9.17, 15) is 10.1 Å². The van der Waals surface area contributed by atoms with E-state index in [1.165, 1.54) is 0 Å². The Bertz CT molecular complexity index is 1080. The Balaban J connectivity index is 1.79. The molecule has 3 rings (SSSR count). The van der Waals surface area contributed by atoms with Gasteiger partial charge in [0.15, 0.2) is 6.10 Å². The van der Waals surface area contributed by atoms with Crippen molar-refractivity contribution in [3.63, 3.8) is 0 Å². The Morgan fingerprint density at radius 1 is 1.07 bits per heavy atom. The summed E-state index contributed by atoms with van der Waals surface area (Å²) in [5.41, 5.74) is 2.84. The maximum atomic E-state index is 12.6. The molecule has 0 spiro atoms. The minimum Gasteiger partial charge on any atom is -0.481 e. The number of nitrogens with one attached hydrogen (secondary N) is 1. The third kappa shape index (κ3) is 5.13. The van der Waals surface area contributed by atoms with Crippen LogP contribution in [0.2, 0.25) is 10.0 Å². The molecular weight excluding hydrogens is 419 g/mol. The molecular formula is C24H20Cl2N2O2. The first-order chi connectivity index (χ1) is 14.4. The lowest BCUT2D eigenvalue weighted by Gasteiger charge is -2.18. The molecule has 1 N–H and O–H groups in total. The second kappa shape index (κ2) is 9.67. The highest BCUT2D eigenvalue weighted by Gasteiger charge is 2.20. The van der Waals surface area contributed by atoms with Gasteiger partial charge in [0.2, 0.25) is 0 Å². The fourth-order valence-electron chi connectivity index (χ4n) is 3.03. The summed E-state index contributed by atoms with van der Waals surface area (Å²) in [7, 11) is 0. The summed E-state index contributed by atoms with van der Waals surface area (Å²) < 4.78 is 5.67. The molecule has 0 unspecified atom stereocenters. The summed E-state index contributed by atoms with van der Waals surface area (Å²) in [5.74, 6) is -0.219. The van der Waals surface area contributed by atoms with Crippen LogP contribution in [-0.4, -0.2) is 12.0 Å². The zero-order valence-corrected chi connectivity index (χ0v) is 18.0. The van der Waals surface area contributed by atoms with Gasteiger partial charge in [-0.25, -0.2) is 0 Å². The molecule has 3 aromatic carbocycles. The van der Waals surface area contributed by atoms with Crippen molar-refractivity contribution in [3.05, 3.63) is 93.5 Å². The lowest BCUT2D eigenvalue weighted by Crippen LogP contribution is -2.30. The van der Waals surface area contributed by atoms with Gasteiger partial charge in [0.05, 0.1) is 12.0 Å². The third-order valence-corrected chi connectivity index (χ3v) is 5.25. The molecule has 0 fully saturated rings. The second-order valence-corrected chi connectivity index (χ2v) is 7.71. The topological polar surface area (TPSA) is 62.1 Å². The zero-order chi connectivity index (χ0) is 21.7. The predicted octanol–water partition coefficient (Wildman–Crippen LogP) is 6.36. The minimum atomic E-state index is -0.689. The predicted molar refractivity (Wildman–Crippen MR) is 120 cm³/mol. The van der Waals surface area contributed by atoms with Crippen LogP contribution in [0.1, 0.15) is 29.5 Å². The van der Waals surface area contributed by atoms with Crippen LogP contribution in [0.3, 0.4) is 0 Å². The van der Waals surface area contributed by atoms with E-state index in [-0.39, 0.29) is 5.91 Å². The van der Waals surface area contributed by atoms with E-state index in [1.807, 2.05) is 31.2 Å². The molecule has 0 aromatic heterocycles. The first-order valence-corrected chi connectivity index (χ1v) is 10.1. The quantitative estimate of drug-likeness (QED) is 0.486. The number of halogens is 2. The Kier molecular flexibility index (Phi) is 6.99. The largest absolute Gasteiger partial charge is 0.481 e. The molecule has 3 aromatic rings. The maximum Gasteiger partial charge on any atom is 0.265 e. The van der Waals surface area contributed by atoms with Crippen molar-refractivity contribution in [3.8, 4) is 11.8 Å². The van der Waals surface area contributed by atoms with Gasteiger partial charge in [0.25, 0.3) is 5.91 Å². The van der Waals surface area contributed by atoms with E-state index in [0.29, 0.717) is 27.0 Å². The molecule has 1 amide bonds. The van der Waals surface area contributed by atoms with Crippen molar-refractivity contribution in [2.45, 2.75) is 25.9 Å². The van der Waals surface area contributed by atoms with Gasteiger partial charge in [-0.2, -0.15) is 5.26 Å². The number of benzene rings is 3. The van der Waals surface area contributed by atoms with Crippen LogP contribution in [0.5, 0.6) is 5.75 Å². The van der Waals surface area contributed by atoms with E-state index in [2.05, 4.69) is 11.4 Å². The molecule has 0 aliphatic rings. The number of hydrogen-bond donors (Lipinski definition) is 1. The molecule has 0 saturated carbocycles. The average molecular weight is 439 g/mol. The Morgan fingerprint density at radius 3 is 2.37 bits per heavy atom. The average Bonchev–Trinajstić information content (AvgIpc) is 2.74. The molecule has 30 heavy (non-hydrogen) atoms. The summed E-state index contributed by atoms with van der Waals surface area (Å²) in [6.07, 6.45) is -0.689. The highest BCUT2D eigenvalue weighted by molar-refractivity contribution is 6.32. The number of amides is 1. The van der Waals surface area contributed by atoms with E-state index in [0.717, 1.165) is 11.1 Å². The van der Waals surface area contributed by atoms with Gasteiger partial charge in [-0.3, -0.25) is 4.79 Å². The van der Waals surface area contributed by atoms with Crippen LogP contribution in [0, 0.1) is 18.3 Å². The van der Waals surface area contributed by atoms with Crippen molar-refractivity contribution in [2.75, 3.05) is 5.32 Å². The number of aryl methyl sites for hydroxylation is 1. The summed E-state index contributed by atoms with van der Waals surface area (Å²) in [4.78, 5) is 12.6. The number of nitriles is 1. The van der Waals surface area contributed by atoms with Crippen LogP contribution in [-0.2, 0) is 4.79 Å². The molecule has 0 heterocycles. The first-order valence-electron chi connectivity index (χ1n) is 9.36. The molecule has 6 heteroatoms. The van der Waals surface area contributed by atoms with Crippen molar-refractivity contribution >= 4 is 34.8 Å². The lowest BCUT2D eigenvalue weighted by molar-refractivity contribution is -0.122. The first kappa shape index (κ1) is 21.7. The number of hydrogen-bond acceptors (Lipinski definition) is 3. The van der Waals surface area contributed by atoms with Gasteiger partial charge in [-0.1, -0.05) is 59.6 Å². The summed E-state index contributed by atoms with van der Waals surface area (Å²) >= 11 is 12.4. The molecule has 0 aliphatic carbocycles. The van der Waals surface area contributed by atoms with E-state index in [4.69, 9.17) is 27.9 Å². The Labute approximate surface area is 186 Å². The van der Waals surface area contributed by atoms with Crippen molar-refractivity contribution in [1.29, 1.82) is 5.26 Å². The van der Waals surface area contributed by atoms with Crippen molar-refractivity contribution in [1.82, 2.24) is 0 Å². The summed E-state index contributed by atoms with van der Waals surface area (Å²) in [5, 5.41) is 13.6. The molecule has 0 saturated heterocycles. The van der Waals surface area contributed by atoms with E-state index >= 15 is 0 Å². The number of carbonyl (C=O) groups is 1. The van der Waals surface area contributed by atoms with Gasteiger partial charge < -0.3 is 10.1 Å². The number of rotatable bonds is 6. The standard InChI is InChI=1S/C24H20Cl2N2O2/c1-15-12-20(21(14-27)17-8-10-18(25)11-9-17)22(26)13-23(15)28-24(29)16(2)30-19-6-4-3-5-7-19/h3-13,16,21H,1-2H3,(H,28,29)/t16-,21+/m1/s1. The maximum absolute atomic E-state index is 12.6. The van der Waals surface area contributed by atoms with Crippen LogP contribution >= 0.6 is 23.2 Å². The minimum absolute atomic E-state index is 0.291. The van der Waals surface area contributed by atoms with Crippen LogP contribution < -0.4 is 10.1 Å². The normalized spacial score (nSPS) is 12.5. The van der Waals surface area contributed by atoms with Crippen LogP contribution in [0.15, 0.2) is 66.7 Å². The van der Waals surface area contributed by atoms with Gasteiger partial charge in [-0.15, -0.1) is 0 Å². The van der Waals surface area contributed by atoms with Crippen LogP contribution in [0.4, 0.5) is 5.69 Å². The number of nitrogens with zero attached hydrogens (tertiary/aromatic N) is 1. The third-order valence-electron chi connectivity index (χ3n) is 4.67. The van der Waals surface area contributed by atoms with Crippen molar-refractivity contribution in [2.24, 2.45) is 0 Å². The number of anilines is 1. The molecule has 4 nitrogen and oxygen atoms in total. The molecule has 0 radical (unpaired) electrons. The monoisotopic (exact) mass is 438 g/mol. The highest BCUT2D eigenvalue weighted by Crippen LogP contribution is 2.34. The van der Waals surface area contributed by atoms with Gasteiger partial charge in [-0.05, 0) is 60.9 Å². The SMILES string of the molecule is Cc1cc([C@@H](C#N)c2ccc(Cl)cc2)c(Cl)cc1NC(=O)[C@@H](C)Oc1ccccc1. The fraction of sp³-hybridized carbons (Fsp3) is 0.167. The summed E-state index contributed by atoms with van der Waals surface area (Å²) in [6, 6.07) is 22.0.